The maximum Gasteiger partial charge on any atom is 0.255 e. The third-order valence-corrected chi connectivity index (χ3v) is 5.29. The van der Waals surface area contributed by atoms with Gasteiger partial charge in [-0.15, -0.1) is 0 Å². The molecule has 4 nitrogen and oxygen atoms in total. The van der Waals surface area contributed by atoms with Crippen LogP contribution in [0.15, 0.2) is 97.1 Å². The van der Waals surface area contributed by atoms with E-state index in [0.29, 0.717) is 24.5 Å². The number of amides is 1. The van der Waals surface area contributed by atoms with Crippen molar-refractivity contribution in [2.75, 3.05) is 11.9 Å². The van der Waals surface area contributed by atoms with Gasteiger partial charge >= 0.3 is 0 Å². The number of hydrogen-bond donors (Lipinski definition) is 1. The number of carbonyl (C=O) groups is 1. The zero-order valence-electron chi connectivity index (χ0n) is 18.9. The summed E-state index contributed by atoms with van der Waals surface area (Å²) in [5, 5.41) is 2.94. The number of aryl methyl sites for hydroxylation is 1. The van der Waals surface area contributed by atoms with Gasteiger partial charge in [0.25, 0.3) is 5.91 Å². The fraction of sp³-hybridized carbons (Fsp3) is 0.138. The number of carbonyl (C=O) groups excluding carboxylic acids is 1. The monoisotopic (exact) mass is 437 g/mol. The highest BCUT2D eigenvalue weighted by Crippen LogP contribution is 2.26. The molecule has 0 aliphatic rings. The summed E-state index contributed by atoms with van der Waals surface area (Å²) in [5.41, 5.74) is 5.57. The first-order valence-corrected chi connectivity index (χ1v) is 11.0. The van der Waals surface area contributed by atoms with Crippen LogP contribution in [-0.4, -0.2) is 12.5 Å². The lowest BCUT2D eigenvalue weighted by molar-refractivity contribution is 0.102. The normalized spacial score (nSPS) is 10.5. The van der Waals surface area contributed by atoms with E-state index in [1.807, 2.05) is 92.7 Å². The van der Waals surface area contributed by atoms with Crippen LogP contribution in [0.4, 0.5) is 5.69 Å². The standard InChI is InChI=1S/C29H27NO3/c1-3-32-28-18-13-24(29(31)30-26-14-9-21(2)10-15-26)19-25(28)20-33-27-16-11-23(12-17-27)22-7-5-4-6-8-22/h4-19H,3,20H2,1-2H3,(H,30,31). The van der Waals surface area contributed by atoms with Crippen LogP contribution in [0.1, 0.15) is 28.4 Å². The molecule has 4 rings (SSSR count). The van der Waals surface area contributed by atoms with E-state index in [9.17, 15) is 4.79 Å². The molecule has 0 unspecified atom stereocenters. The molecule has 4 heteroatoms. The highest BCUT2D eigenvalue weighted by molar-refractivity contribution is 6.04. The van der Waals surface area contributed by atoms with Crippen LogP contribution in [0.25, 0.3) is 11.1 Å². The van der Waals surface area contributed by atoms with Crippen LogP contribution in [0.3, 0.4) is 0 Å². The van der Waals surface area contributed by atoms with E-state index >= 15 is 0 Å². The second-order valence-electron chi connectivity index (χ2n) is 7.75. The van der Waals surface area contributed by atoms with Crippen molar-refractivity contribution in [3.63, 3.8) is 0 Å². The van der Waals surface area contributed by atoms with Crippen molar-refractivity contribution in [2.24, 2.45) is 0 Å². The van der Waals surface area contributed by atoms with Crippen molar-refractivity contribution in [2.45, 2.75) is 20.5 Å². The minimum atomic E-state index is -0.171. The van der Waals surface area contributed by atoms with Crippen molar-refractivity contribution in [3.05, 3.63) is 114 Å². The zero-order chi connectivity index (χ0) is 23.0. The van der Waals surface area contributed by atoms with E-state index < -0.39 is 0 Å². The van der Waals surface area contributed by atoms with E-state index in [2.05, 4.69) is 17.4 Å². The van der Waals surface area contributed by atoms with E-state index in [-0.39, 0.29) is 5.91 Å². The van der Waals surface area contributed by atoms with Gasteiger partial charge in [0.05, 0.1) is 6.61 Å². The molecular weight excluding hydrogens is 410 g/mol. The van der Waals surface area contributed by atoms with Gasteiger partial charge in [-0.1, -0.05) is 60.2 Å². The summed E-state index contributed by atoms with van der Waals surface area (Å²) in [5.74, 6) is 1.30. The Balaban J connectivity index is 1.47. The fourth-order valence-corrected chi connectivity index (χ4v) is 3.51. The summed E-state index contributed by atoms with van der Waals surface area (Å²) in [7, 11) is 0. The number of anilines is 1. The number of nitrogens with one attached hydrogen (secondary N) is 1. The Morgan fingerprint density at radius 1 is 0.788 bits per heavy atom. The summed E-state index contributed by atoms with van der Waals surface area (Å²) in [6.07, 6.45) is 0. The molecule has 4 aromatic carbocycles. The average molecular weight is 438 g/mol. The van der Waals surface area contributed by atoms with Crippen LogP contribution in [0, 0.1) is 6.92 Å². The maximum atomic E-state index is 12.8. The molecule has 0 aliphatic heterocycles. The van der Waals surface area contributed by atoms with E-state index in [0.717, 1.165) is 33.7 Å². The van der Waals surface area contributed by atoms with Crippen molar-refractivity contribution in [1.29, 1.82) is 0 Å². The highest BCUT2D eigenvalue weighted by atomic mass is 16.5. The molecule has 0 atom stereocenters. The predicted octanol–water partition coefficient (Wildman–Crippen LogP) is 6.89. The van der Waals surface area contributed by atoms with E-state index in [4.69, 9.17) is 9.47 Å². The van der Waals surface area contributed by atoms with Crippen molar-refractivity contribution >= 4 is 11.6 Å². The molecule has 0 aromatic heterocycles. The summed E-state index contributed by atoms with van der Waals surface area (Å²) in [6, 6.07) is 31.4. The lowest BCUT2D eigenvalue weighted by Crippen LogP contribution is -2.13. The van der Waals surface area contributed by atoms with Gasteiger partial charge in [-0.25, -0.2) is 0 Å². The second-order valence-corrected chi connectivity index (χ2v) is 7.75. The first-order valence-electron chi connectivity index (χ1n) is 11.0. The lowest BCUT2D eigenvalue weighted by Gasteiger charge is -2.14. The third kappa shape index (κ3) is 5.80. The number of rotatable bonds is 8. The van der Waals surface area contributed by atoms with Crippen LogP contribution >= 0.6 is 0 Å². The molecule has 1 amide bonds. The fourth-order valence-electron chi connectivity index (χ4n) is 3.51. The number of hydrogen-bond acceptors (Lipinski definition) is 3. The molecule has 0 fully saturated rings. The molecule has 4 aromatic rings. The van der Waals surface area contributed by atoms with Crippen molar-refractivity contribution in [1.82, 2.24) is 0 Å². The Kier molecular flexibility index (Phi) is 7.06. The smallest absolute Gasteiger partial charge is 0.255 e. The third-order valence-electron chi connectivity index (χ3n) is 5.29. The predicted molar refractivity (Wildman–Crippen MR) is 133 cm³/mol. The summed E-state index contributed by atoms with van der Waals surface area (Å²) in [4.78, 5) is 12.8. The molecule has 0 aliphatic carbocycles. The topological polar surface area (TPSA) is 47.6 Å². The lowest BCUT2D eigenvalue weighted by atomic mass is 10.1. The van der Waals surface area contributed by atoms with Gasteiger partial charge in [-0.05, 0) is 67.4 Å². The van der Waals surface area contributed by atoms with Crippen molar-refractivity contribution in [3.8, 4) is 22.6 Å². The van der Waals surface area contributed by atoms with Crippen molar-refractivity contribution < 1.29 is 14.3 Å². The molecule has 1 N–H and O–H groups in total. The Morgan fingerprint density at radius 3 is 2.18 bits per heavy atom. The minimum Gasteiger partial charge on any atom is -0.493 e. The minimum absolute atomic E-state index is 0.171. The van der Waals surface area contributed by atoms with Gasteiger partial charge in [0.2, 0.25) is 0 Å². The number of benzene rings is 4. The Morgan fingerprint density at radius 2 is 1.48 bits per heavy atom. The summed E-state index contributed by atoms with van der Waals surface area (Å²) in [6.45, 7) is 4.78. The Labute approximate surface area is 194 Å². The van der Waals surface area contributed by atoms with Gasteiger partial charge in [-0.2, -0.15) is 0 Å². The Bertz CT molecular complexity index is 1200. The van der Waals surface area contributed by atoms with Crippen LogP contribution in [0.2, 0.25) is 0 Å². The molecular formula is C29H27NO3. The molecule has 33 heavy (non-hydrogen) atoms. The molecule has 0 spiro atoms. The SMILES string of the molecule is CCOc1ccc(C(=O)Nc2ccc(C)cc2)cc1COc1ccc(-c2ccccc2)cc1. The van der Waals surface area contributed by atoms with Crippen LogP contribution in [0.5, 0.6) is 11.5 Å². The van der Waals surface area contributed by atoms with E-state index in [1.54, 1.807) is 6.07 Å². The highest BCUT2D eigenvalue weighted by Gasteiger charge is 2.12. The number of ether oxygens (including phenoxy) is 2. The van der Waals surface area contributed by atoms with Crippen LogP contribution in [-0.2, 0) is 6.61 Å². The van der Waals surface area contributed by atoms with Gasteiger partial charge in [-0.3, -0.25) is 4.79 Å². The summed E-state index contributed by atoms with van der Waals surface area (Å²) < 4.78 is 11.8. The van der Waals surface area contributed by atoms with Gasteiger partial charge in [0.15, 0.2) is 0 Å². The molecule has 0 radical (unpaired) electrons. The first kappa shape index (κ1) is 22.2. The largest absolute Gasteiger partial charge is 0.493 e. The second kappa shape index (κ2) is 10.5. The average Bonchev–Trinajstić information content (AvgIpc) is 2.86. The van der Waals surface area contributed by atoms with Gasteiger partial charge in [0, 0.05) is 16.8 Å². The zero-order valence-corrected chi connectivity index (χ0v) is 18.9. The Hall–Kier alpha value is -4.05. The van der Waals surface area contributed by atoms with E-state index in [1.165, 1.54) is 0 Å². The maximum absolute atomic E-state index is 12.8. The molecule has 0 bridgehead atoms. The molecule has 166 valence electrons. The van der Waals surface area contributed by atoms with Crippen LogP contribution < -0.4 is 14.8 Å². The molecule has 0 saturated carbocycles. The summed E-state index contributed by atoms with van der Waals surface area (Å²) >= 11 is 0. The first-order chi connectivity index (χ1) is 16.1. The van der Waals surface area contributed by atoms with Gasteiger partial charge in [0.1, 0.15) is 18.1 Å². The molecule has 0 heterocycles. The quantitative estimate of drug-likeness (QED) is 0.326. The van der Waals surface area contributed by atoms with Gasteiger partial charge < -0.3 is 14.8 Å². The molecule has 0 saturated heterocycles.